The molecule has 2 aromatic rings. The molecule has 2 rings (SSSR count). The summed E-state index contributed by atoms with van der Waals surface area (Å²) in [7, 11) is 1.35. The number of anilines is 1. The van der Waals surface area contributed by atoms with Crippen LogP contribution in [0.1, 0.15) is 35.4 Å². The SMILES string of the molecule is CCC(Nc1nc(C(=O)OC)cs1)c1ccccc1. The molecular weight excluding hydrogens is 260 g/mol. The van der Waals surface area contributed by atoms with E-state index in [1.165, 1.54) is 24.0 Å². The third-order valence-electron chi connectivity index (χ3n) is 2.81. The van der Waals surface area contributed by atoms with Gasteiger partial charge in [0.2, 0.25) is 0 Å². The predicted octanol–water partition coefficient (Wildman–Crippen LogP) is 3.49. The fourth-order valence-corrected chi connectivity index (χ4v) is 2.53. The summed E-state index contributed by atoms with van der Waals surface area (Å²) in [5.41, 5.74) is 1.55. The second-order valence-electron chi connectivity index (χ2n) is 4.05. The first-order chi connectivity index (χ1) is 9.24. The summed E-state index contributed by atoms with van der Waals surface area (Å²) in [6.07, 6.45) is 0.942. The van der Waals surface area contributed by atoms with E-state index < -0.39 is 5.97 Å². The third kappa shape index (κ3) is 3.32. The summed E-state index contributed by atoms with van der Waals surface area (Å²) in [4.78, 5) is 15.6. The molecule has 5 heteroatoms. The molecule has 0 saturated heterocycles. The molecule has 0 saturated carbocycles. The summed E-state index contributed by atoms with van der Waals surface area (Å²) in [5.74, 6) is -0.406. The van der Waals surface area contributed by atoms with Crippen molar-refractivity contribution in [2.45, 2.75) is 19.4 Å². The van der Waals surface area contributed by atoms with Gasteiger partial charge in [0.05, 0.1) is 13.2 Å². The van der Waals surface area contributed by atoms with Gasteiger partial charge in [0.1, 0.15) is 0 Å². The zero-order valence-corrected chi connectivity index (χ0v) is 11.7. The van der Waals surface area contributed by atoms with Gasteiger partial charge in [-0.05, 0) is 12.0 Å². The van der Waals surface area contributed by atoms with Crippen molar-refractivity contribution in [3.63, 3.8) is 0 Å². The molecule has 100 valence electrons. The average Bonchev–Trinajstić information content (AvgIpc) is 2.93. The molecule has 0 fully saturated rings. The maximum absolute atomic E-state index is 11.3. The molecule has 1 unspecified atom stereocenters. The standard InChI is InChI=1S/C14H16N2O2S/c1-3-11(10-7-5-4-6-8-10)15-14-16-12(9-19-14)13(17)18-2/h4-9,11H,3H2,1-2H3,(H,15,16). The van der Waals surface area contributed by atoms with E-state index in [-0.39, 0.29) is 6.04 Å². The Morgan fingerprint density at radius 2 is 2.16 bits per heavy atom. The zero-order valence-electron chi connectivity index (χ0n) is 10.9. The Bertz CT molecular complexity index is 539. The van der Waals surface area contributed by atoms with Crippen molar-refractivity contribution in [2.24, 2.45) is 0 Å². The molecule has 1 heterocycles. The molecule has 0 amide bonds. The summed E-state index contributed by atoms with van der Waals surface area (Å²) in [5, 5.41) is 5.78. The van der Waals surface area contributed by atoms with Gasteiger partial charge in [-0.1, -0.05) is 37.3 Å². The summed E-state index contributed by atoms with van der Waals surface area (Å²) in [6.45, 7) is 2.11. The monoisotopic (exact) mass is 276 g/mol. The number of thiazole rings is 1. The van der Waals surface area contributed by atoms with Crippen molar-refractivity contribution in [3.8, 4) is 0 Å². The Balaban J connectivity index is 2.11. The fourth-order valence-electron chi connectivity index (χ4n) is 1.79. The molecule has 1 atom stereocenters. The molecule has 0 spiro atoms. The molecule has 0 aliphatic heterocycles. The Kier molecular flexibility index (Phi) is 4.52. The van der Waals surface area contributed by atoms with Crippen LogP contribution >= 0.6 is 11.3 Å². The minimum absolute atomic E-state index is 0.192. The van der Waals surface area contributed by atoms with Crippen LogP contribution in [0, 0.1) is 0 Å². The summed E-state index contributed by atoms with van der Waals surface area (Å²) < 4.78 is 4.64. The Labute approximate surface area is 116 Å². The molecular formula is C14H16N2O2S. The van der Waals surface area contributed by atoms with Crippen LogP contribution in [0.4, 0.5) is 5.13 Å². The van der Waals surface area contributed by atoms with Gasteiger partial charge in [-0.3, -0.25) is 0 Å². The Morgan fingerprint density at radius 1 is 1.42 bits per heavy atom. The van der Waals surface area contributed by atoms with Crippen LogP contribution in [0.3, 0.4) is 0 Å². The second kappa shape index (κ2) is 6.33. The van der Waals surface area contributed by atoms with E-state index in [9.17, 15) is 4.79 Å². The van der Waals surface area contributed by atoms with Crippen LogP contribution in [-0.2, 0) is 4.74 Å². The van der Waals surface area contributed by atoms with E-state index in [4.69, 9.17) is 0 Å². The van der Waals surface area contributed by atoms with Gasteiger partial charge in [-0.2, -0.15) is 0 Å². The molecule has 1 aromatic carbocycles. The average molecular weight is 276 g/mol. The number of methoxy groups -OCH3 is 1. The summed E-state index contributed by atoms with van der Waals surface area (Å²) in [6, 6.07) is 10.4. The molecule has 0 bridgehead atoms. The molecule has 0 aliphatic rings. The van der Waals surface area contributed by atoms with Gasteiger partial charge in [0.25, 0.3) is 0 Å². The lowest BCUT2D eigenvalue weighted by Gasteiger charge is -2.16. The Hall–Kier alpha value is -1.88. The van der Waals surface area contributed by atoms with Gasteiger partial charge in [0.15, 0.2) is 10.8 Å². The lowest BCUT2D eigenvalue weighted by molar-refractivity contribution is 0.0595. The number of benzene rings is 1. The lowest BCUT2D eigenvalue weighted by atomic mass is 10.1. The number of esters is 1. The normalized spacial score (nSPS) is 11.9. The summed E-state index contributed by atoms with van der Waals surface area (Å²) >= 11 is 1.41. The van der Waals surface area contributed by atoms with E-state index in [1.807, 2.05) is 18.2 Å². The van der Waals surface area contributed by atoms with Crippen molar-refractivity contribution < 1.29 is 9.53 Å². The minimum Gasteiger partial charge on any atom is -0.464 e. The van der Waals surface area contributed by atoms with Crippen molar-refractivity contribution in [3.05, 3.63) is 47.0 Å². The highest BCUT2D eigenvalue weighted by atomic mass is 32.1. The number of aromatic nitrogens is 1. The zero-order chi connectivity index (χ0) is 13.7. The van der Waals surface area contributed by atoms with E-state index in [2.05, 4.69) is 34.1 Å². The quantitative estimate of drug-likeness (QED) is 0.849. The van der Waals surface area contributed by atoms with Crippen LogP contribution < -0.4 is 5.32 Å². The van der Waals surface area contributed by atoms with Gasteiger partial charge in [-0.25, -0.2) is 9.78 Å². The minimum atomic E-state index is -0.406. The number of carbonyl (C=O) groups is 1. The highest BCUT2D eigenvalue weighted by Crippen LogP contribution is 2.25. The van der Waals surface area contributed by atoms with E-state index in [1.54, 1.807) is 5.38 Å². The van der Waals surface area contributed by atoms with Crippen LogP contribution in [0.2, 0.25) is 0 Å². The maximum Gasteiger partial charge on any atom is 0.357 e. The number of ether oxygens (including phenoxy) is 1. The fraction of sp³-hybridized carbons (Fsp3) is 0.286. The number of hydrogen-bond donors (Lipinski definition) is 1. The topological polar surface area (TPSA) is 51.2 Å². The van der Waals surface area contributed by atoms with Crippen LogP contribution in [0.15, 0.2) is 35.7 Å². The van der Waals surface area contributed by atoms with Gasteiger partial charge < -0.3 is 10.1 Å². The van der Waals surface area contributed by atoms with Gasteiger partial charge in [-0.15, -0.1) is 11.3 Å². The van der Waals surface area contributed by atoms with E-state index in [0.29, 0.717) is 5.69 Å². The first-order valence-electron chi connectivity index (χ1n) is 6.10. The van der Waals surface area contributed by atoms with Crippen LogP contribution in [-0.4, -0.2) is 18.1 Å². The van der Waals surface area contributed by atoms with Crippen molar-refractivity contribution in [1.82, 2.24) is 4.98 Å². The smallest absolute Gasteiger partial charge is 0.357 e. The van der Waals surface area contributed by atoms with Gasteiger partial charge >= 0.3 is 5.97 Å². The van der Waals surface area contributed by atoms with Crippen molar-refractivity contribution in [1.29, 1.82) is 0 Å². The highest BCUT2D eigenvalue weighted by Gasteiger charge is 2.14. The van der Waals surface area contributed by atoms with Crippen LogP contribution in [0.5, 0.6) is 0 Å². The molecule has 1 aromatic heterocycles. The number of rotatable bonds is 5. The molecule has 4 nitrogen and oxygen atoms in total. The molecule has 0 aliphatic carbocycles. The number of nitrogens with one attached hydrogen (secondary N) is 1. The first-order valence-corrected chi connectivity index (χ1v) is 6.98. The Morgan fingerprint density at radius 3 is 2.79 bits per heavy atom. The maximum atomic E-state index is 11.3. The lowest BCUT2D eigenvalue weighted by Crippen LogP contribution is -2.10. The largest absolute Gasteiger partial charge is 0.464 e. The molecule has 1 N–H and O–H groups in total. The number of nitrogens with zero attached hydrogens (tertiary/aromatic N) is 1. The van der Waals surface area contributed by atoms with Crippen molar-refractivity contribution in [2.75, 3.05) is 12.4 Å². The number of hydrogen-bond acceptors (Lipinski definition) is 5. The molecule has 0 radical (unpaired) electrons. The van der Waals surface area contributed by atoms with Gasteiger partial charge in [0, 0.05) is 5.38 Å². The van der Waals surface area contributed by atoms with Crippen molar-refractivity contribution >= 4 is 22.4 Å². The van der Waals surface area contributed by atoms with Crippen LogP contribution in [0.25, 0.3) is 0 Å². The predicted molar refractivity (Wildman–Crippen MR) is 76.6 cm³/mol. The molecule has 19 heavy (non-hydrogen) atoms. The number of carbonyl (C=O) groups excluding carboxylic acids is 1. The van der Waals surface area contributed by atoms with E-state index in [0.717, 1.165) is 11.6 Å². The van der Waals surface area contributed by atoms with E-state index >= 15 is 0 Å². The highest BCUT2D eigenvalue weighted by molar-refractivity contribution is 7.13. The second-order valence-corrected chi connectivity index (χ2v) is 4.90. The first kappa shape index (κ1) is 13.5. The third-order valence-corrected chi connectivity index (χ3v) is 3.58.